The molecule has 0 aromatic rings. The summed E-state index contributed by atoms with van der Waals surface area (Å²) in [6.45, 7) is 1.53. The molecule has 1 amide bonds. The molecule has 4 heteroatoms. The minimum absolute atomic E-state index is 0.0648. The largest absolute Gasteiger partial charge is 0.365 e. The van der Waals surface area contributed by atoms with Gasteiger partial charge in [-0.15, -0.1) is 0 Å². The fraction of sp³-hybridized carbons (Fsp3) is 0.400. The Morgan fingerprint density at radius 3 is 2.11 bits per heavy atom. The van der Waals surface area contributed by atoms with Crippen LogP contribution in [0.1, 0.15) is 13.3 Å². The number of hydrogen-bond donors (Lipinski definition) is 3. The minimum atomic E-state index is -0.749. The fourth-order valence-corrected chi connectivity index (χ4v) is 0.352. The molecule has 0 aromatic heterocycles. The number of nitrogens with one attached hydrogen (secondary N) is 2. The third kappa shape index (κ3) is 3.40. The van der Waals surface area contributed by atoms with Crippen LogP contribution in [0, 0.1) is 10.8 Å². The van der Waals surface area contributed by atoms with Crippen LogP contribution in [0.15, 0.2) is 0 Å². The van der Waals surface area contributed by atoms with Crippen molar-refractivity contribution in [3.05, 3.63) is 0 Å². The van der Waals surface area contributed by atoms with Gasteiger partial charge >= 0.3 is 0 Å². The highest BCUT2D eigenvalue weighted by molar-refractivity contribution is 6.40. The summed E-state index contributed by atoms with van der Waals surface area (Å²) >= 11 is 0. The molecule has 50 valence electrons. The number of rotatable bonds is 3. The number of primary amides is 1. The first-order chi connectivity index (χ1) is 4.04. The second kappa shape index (κ2) is 2.96. The summed E-state index contributed by atoms with van der Waals surface area (Å²) in [5.41, 5.74) is 4.79. The average molecular weight is 127 g/mol. The standard InChI is InChI=1S/C5H9N3O/c1-3(6)2-4(7)5(8)9/h6-7H,2H2,1H3,(H2,8,9). The maximum Gasteiger partial charge on any atom is 0.262 e. The molecule has 0 fully saturated rings. The van der Waals surface area contributed by atoms with Gasteiger partial charge in [0.15, 0.2) is 0 Å². The summed E-state index contributed by atoms with van der Waals surface area (Å²) in [4.78, 5) is 10.1. The average Bonchev–Trinajstić information content (AvgIpc) is 1.63. The van der Waals surface area contributed by atoms with Crippen LogP contribution in [0.25, 0.3) is 0 Å². The Morgan fingerprint density at radius 1 is 1.56 bits per heavy atom. The lowest BCUT2D eigenvalue weighted by atomic mass is 10.2. The first-order valence-corrected chi connectivity index (χ1v) is 2.45. The Hall–Kier alpha value is -1.19. The molecule has 0 atom stereocenters. The topological polar surface area (TPSA) is 90.8 Å². The summed E-state index contributed by atoms with van der Waals surface area (Å²) < 4.78 is 0. The number of hydrogen-bond acceptors (Lipinski definition) is 3. The quantitative estimate of drug-likeness (QED) is 0.455. The van der Waals surface area contributed by atoms with E-state index in [1.54, 1.807) is 0 Å². The Balaban J connectivity index is 3.79. The highest BCUT2D eigenvalue weighted by atomic mass is 16.1. The van der Waals surface area contributed by atoms with Crippen molar-refractivity contribution in [2.75, 3.05) is 0 Å². The van der Waals surface area contributed by atoms with Gasteiger partial charge in [-0.3, -0.25) is 10.2 Å². The molecule has 0 aliphatic carbocycles. The molecule has 9 heavy (non-hydrogen) atoms. The summed E-state index contributed by atoms with van der Waals surface area (Å²) in [6.07, 6.45) is 0.0648. The molecule has 0 aliphatic rings. The van der Waals surface area contributed by atoms with E-state index in [-0.39, 0.29) is 17.8 Å². The van der Waals surface area contributed by atoms with Gasteiger partial charge in [0.2, 0.25) is 0 Å². The molecule has 0 saturated heterocycles. The zero-order valence-electron chi connectivity index (χ0n) is 5.19. The molecule has 4 nitrogen and oxygen atoms in total. The molecular weight excluding hydrogens is 118 g/mol. The van der Waals surface area contributed by atoms with Gasteiger partial charge in [-0.05, 0) is 6.92 Å². The van der Waals surface area contributed by atoms with Crippen LogP contribution in [0.5, 0.6) is 0 Å². The van der Waals surface area contributed by atoms with Crippen molar-refractivity contribution >= 4 is 17.3 Å². The molecule has 0 aliphatic heterocycles. The first kappa shape index (κ1) is 7.81. The first-order valence-electron chi connectivity index (χ1n) is 2.45. The van der Waals surface area contributed by atoms with E-state index in [1.165, 1.54) is 6.92 Å². The van der Waals surface area contributed by atoms with Crippen molar-refractivity contribution in [2.24, 2.45) is 5.73 Å². The van der Waals surface area contributed by atoms with Gasteiger partial charge in [-0.1, -0.05) is 0 Å². The third-order valence-corrected chi connectivity index (χ3v) is 0.739. The van der Waals surface area contributed by atoms with E-state index in [2.05, 4.69) is 0 Å². The molecule has 0 saturated carbocycles. The van der Waals surface area contributed by atoms with Crippen molar-refractivity contribution < 1.29 is 4.79 Å². The summed E-state index contributed by atoms with van der Waals surface area (Å²) in [5.74, 6) is -0.749. The lowest BCUT2D eigenvalue weighted by molar-refractivity contribution is -0.112. The Morgan fingerprint density at radius 2 is 2.00 bits per heavy atom. The monoisotopic (exact) mass is 127 g/mol. The van der Waals surface area contributed by atoms with Gasteiger partial charge in [-0.2, -0.15) is 0 Å². The van der Waals surface area contributed by atoms with Crippen LogP contribution in [0.2, 0.25) is 0 Å². The molecule has 0 bridgehead atoms. The van der Waals surface area contributed by atoms with E-state index < -0.39 is 5.91 Å². The van der Waals surface area contributed by atoms with Crippen molar-refractivity contribution in [3.63, 3.8) is 0 Å². The molecule has 0 rings (SSSR count). The number of carbonyl (C=O) groups excluding carboxylic acids is 1. The summed E-state index contributed by atoms with van der Waals surface area (Å²) in [6, 6.07) is 0. The maximum atomic E-state index is 10.1. The Kier molecular flexibility index (Phi) is 2.57. The lowest BCUT2D eigenvalue weighted by Gasteiger charge is -1.93. The molecule has 4 N–H and O–H groups in total. The second-order valence-electron chi connectivity index (χ2n) is 1.80. The SMILES string of the molecule is CC(=N)CC(=N)C(N)=O. The minimum Gasteiger partial charge on any atom is -0.365 e. The molecule has 0 heterocycles. The van der Waals surface area contributed by atoms with E-state index in [4.69, 9.17) is 16.6 Å². The Bertz CT molecular complexity index is 162. The van der Waals surface area contributed by atoms with Crippen LogP contribution in [0.3, 0.4) is 0 Å². The molecule has 0 unspecified atom stereocenters. The summed E-state index contributed by atoms with van der Waals surface area (Å²) in [7, 11) is 0. The lowest BCUT2D eigenvalue weighted by Crippen LogP contribution is -2.23. The van der Waals surface area contributed by atoms with Gasteiger partial charge in [-0.25, -0.2) is 0 Å². The van der Waals surface area contributed by atoms with Crippen LogP contribution in [-0.2, 0) is 4.79 Å². The molecule has 0 radical (unpaired) electrons. The number of nitrogens with two attached hydrogens (primary N) is 1. The number of amides is 1. The van der Waals surface area contributed by atoms with E-state index in [9.17, 15) is 4.79 Å². The van der Waals surface area contributed by atoms with Gasteiger partial charge in [0.05, 0.1) is 0 Å². The second-order valence-corrected chi connectivity index (χ2v) is 1.80. The Labute approximate surface area is 53.1 Å². The zero-order chi connectivity index (χ0) is 7.44. The van der Waals surface area contributed by atoms with Crippen LogP contribution in [-0.4, -0.2) is 17.3 Å². The third-order valence-electron chi connectivity index (χ3n) is 0.739. The van der Waals surface area contributed by atoms with Crippen molar-refractivity contribution in [1.82, 2.24) is 0 Å². The van der Waals surface area contributed by atoms with Gasteiger partial charge in [0, 0.05) is 12.1 Å². The molecular formula is C5H9N3O. The van der Waals surface area contributed by atoms with Crippen molar-refractivity contribution in [2.45, 2.75) is 13.3 Å². The van der Waals surface area contributed by atoms with E-state index in [0.29, 0.717) is 0 Å². The maximum absolute atomic E-state index is 10.1. The highest BCUT2D eigenvalue weighted by Gasteiger charge is 2.03. The summed E-state index contributed by atoms with van der Waals surface area (Å²) in [5, 5.41) is 13.7. The predicted molar refractivity (Wildman–Crippen MR) is 34.9 cm³/mol. The predicted octanol–water partition coefficient (Wildman–Crippen LogP) is -0.0788. The van der Waals surface area contributed by atoms with E-state index in [0.717, 1.165) is 0 Å². The van der Waals surface area contributed by atoms with Gasteiger partial charge < -0.3 is 11.1 Å². The fourth-order valence-electron chi connectivity index (χ4n) is 0.352. The zero-order valence-corrected chi connectivity index (χ0v) is 5.19. The normalized spacial score (nSPS) is 8.56. The van der Waals surface area contributed by atoms with Crippen LogP contribution >= 0.6 is 0 Å². The number of carbonyl (C=O) groups is 1. The van der Waals surface area contributed by atoms with Crippen molar-refractivity contribution in [3.8, 4) is 0 Å². The van der Waals surface area contributed by atoms with Crippen LogP contribution in [0.4, 0.5) is 0 Å². The van der Waals surface area contributed by atoms with Gasteiger partial charge in [0.1, 0.15) is 5.71 Å². The van der Waals surface area contributed by atoms with Crippen LogP contribution < -0.4 is 5.73 Å². The smallest absolute Gasteiger partial charge is 0.262 e. The van der Waals surface area contributed by atoms with E-state index in [1.807, 2.05) is 0 Å². The van der Waals surface area contributed by atoms with Crippen molar-refractivity contribution in [1.29, 1.82) is 10.8 Å². The van der Waals surface area contributed by atoms with E-state index >= 15 is 0 Å². The van der Waals surface area contributed by atoms with Gasteiger partial charge in [0.25, 0.3) is 5.91 Å². The molecule has 0 spiro atoms. The molecule has 0 aromatic carbocycles. The highest BCUT2D eigenvalue weighted by Crippen LogP contribution is 1.83.